The Morgan fingerprint density at radius 2 is 1.62 bits per heavy atom. The third-order valence-corrected chi connectivity index (χ3v) is 6.52. The lowest BCUT2D eigenvalue weighted by atomic mass is 9.74. The van der Waals surface area contributed by atoms with Crippen LogP contribution in [-0.4, -0.2) is 10.7 Å². The van der Waals surface area contributed by atoms with Crippen molar-refractivity contribution in [3.63, 3.8) is 0 Å². The average molecular weight is 354 g/mol. The van der Waals surface area contributed by atoms with Crippen LogP contribution in [0.15, 0.2) is 0 Å². The number of hydrogen-bond acceptors (Lipinski definition) is 0. The van der Waals surface area contributed by atoms with Crippen molar-refractivity contribution in [2.75, 3.05) is 10.7 Å². The van der Waals surface area contributed by atoms with Crippen molar-refractivity contribution in [2.24, 2.45) is 11.3 Å². The Morgan fingerprint density at radius 3 is 2.12 bits per heavy atom. The molecule has 0 N–H and O–H groups in total. The van der Waals surface area contributed by atoms with Crippen LogP contribution in [0.5, 0.6) is 0 Å². The summed E-state index contributed by atoms with van der Waals surface area (Å²) in [6, 6.07) is 0. The summed E-state index contributed by atoms with van der Waals surface area (Å²) in [7, 11) is 0. The first-order chi connectivity index (χ1) is 7.79. The number of unbranched alkanes of at least 4 members (excludes halogenated alkanes) is 3. The Hall–Kier alpha value is 0.960. The molecule has 0 atom stereocenters. The summed E-state index contributed by atoms with van der Waals surface area (Å²) < 4.78 is 0. The molecule has 2 heteroatoms. The lowest BCUT2D eigenvalue weighted by Crippen LogP contribution is -2.32. The maximum Gasteiger partial charge on any atom is 0.00986 e. The van der Waals surface area contributed by atoms with Gasteiger partial charge in [0.2, 0.25) is 0 Å². The van der Waals surface area contributed by atoms with Crippen LogP contribution in [0.3, 0.4) is 0 Å². The van der Waals surface area contributed by atoms with E-state index >= 15 is 0 Å². The highest BCUT2D eigenvalue weighted by Crippen LogP contribution is 2.45. The lowest BCUT2D eigenvalue weighted by Gasteiger charge is -2.36. The maximum atomic E-state index is 3.78. The van der Waals surface area contributed by atoms with Crippen molar-refractivity contribution >= 4 is 31.9 Å². The zero-order valence-electron chi connectivity index (χ0n) is 10.6. The Kier molecular flexibility index (Phi) is 7.63. The van der Waals surface area contributed by atoms with Gasteiger partial charge in [0, 0.05) is 10.7 Å². The smallest absolute Gasteiger partial charge is 0.00986 e. The van der Waals surface area contributed by atoms with E-state index in [1.807, 2.05) is 0 Å². The van der Waals surface area contributed by atoms with E-state index in [9.17, 15) is 0 Å². The second-order valence-corrected chi connectivity index (χ2v) is 6.54. The summed E-state index contributed by atoms with van der Waals surface area (Å²) in [5, 5.41) is 2.37. The first-order valence-corrected chi connectivity index (χ1v) is 9.15. The van der Waals surface area contributed by atoms with E-state index in [4.69, 9.17) is 0 Å². The highest BCUT2D eigenvalue weighted by Gasteiger charge is 2.37. The van der Waals surface area contributed by atoms with Crippen LogP contribution >= 0.6 is 31.9 Å². The van der Waals surface area contributed by atoms with Crippen molar-refractivity contribution in [3.05, 3.63) is 0 Å². The van der Waals surface area contributed by atoms with Gasteiger partial charge in [0.05, 0.1) is 0 Å². The van der Waals surface area contributed by atoms with Gasteiger partial charge in [-0.15, -0.1) is 0 Å². The third kappa shape index (κ3) is 4.01. The monoisotopic (exact) mass is 352 g/mol. The molecule has 1 fully saturated rings. The summed E-state index contributed by atoms with van der Waals surface area (Å²) >= 11 is 7.56. The van der Waals surface area contributed by atoms with Gasteiger partial charge in [-0.2, -0.15) is 0 Å². The van der Waals surface area contributed by atoms with Gasteiger partial charge in [-0.3, -0.25) is 0 Å². The summed E-state index contributed by atoms with van der Waals surface area (Å²) in [5.74, 6) is 0.966. The minimum atomic E-state index is 0.546. The molecule has 1 rings (SSSR count). The summed E-state index contributed by atoms with van der Waals surface area (Å²) in [6.07, 6.45) is 12.9. The van der Waals surface area contributed by atoms with E-state index in [2.05, 4.69) is 38.8 Å². The molecule has 1 saturated carbocycles. The van der Waals surface area contributed by atoms with Crippen molar-refractivity contribution in [1.29, 1.82) is 0 Å². The molecule has 0 bridgehead atoms. The molecular formula is C14H26Br2. The predicted octanol–water partition coefficient (Wildman–Crippen LogP) is 5.92. The predicted molar refractivity (Wildman–Crippen MR) is 80.7 cm³/mol. The zero-order valence-corrected chi connectivity index (χ0v) is 13.8. The molecule has 1 aliphatic carbocycles. The molecule has 0 aromatic rings. The van der Waals surface area contributed by atoms with Crippen molar-refractivity contribution in [3.8, 4) is 0 Å². The van der Waals surface area contributed by atoms with Crippen LogP contribution in [0.4, 0.5) is 0 Å². The van der Waals surface area contributed by atoms with E-state index in [1.165, 1.54) is 68.4 Å². The minimum Gasteiger partial charge on any atom is -0.0922 e. The summed E-state index contributed by atoms with van der Waals surface area (Å²) in [5.41, 5.74) is 0.546. The highest BCUT2D eigenvalue weighted by atomic mass is 79.9. The number of halogens is 2. The van der Waals surface area contributed by atoms with Crippen molar-refractivity contribution in [2.45, 2.75) is 64.7 Å². The molecule has 0 nitrogen and oxygen atoms in total. The quantitative estimate of drug-likeness (QED) is 0.375. The van der Waals surface area contributed by atoms with E-state index in [-0.39, 0.29) is 0 Å². The van der Waals surface area contributed by atoms with Gasteiger partial charge in [-0.05, 0) is 30.6 Å². The lowest BCUT2D eigenvalue weighted by molar-refractivity contribution is 0.209. The van der Waals surface area contributed by atoms with Gasteiger partial charge in [0.25, 0.3) is 0 Å². The number of hydrogen-bond donors (Lipinski definition) is 0. The summed E-state index contributed by atoms with van der Waals surface area (Å²) in [6.45, 7) is 2.29. The zero-order chi connectivity index (χ0) is 11.9. The summed E-state index contributed by atoms with van der Waals surface area (Å²) in [4.78, 5) is 0. The molecule has 0 amide bonds. The molecule has 0 radical (unpaired) electrons. The molecule has 16 heavy (non-hydrogen) atoms. The standard InChI is InChI=1S/C14H26Br2/c1-2-3-4-7-10-14(11-15,12-16)13-8-5-6-9-13/h13H,2-12H2,1H3. The van der Waals surface area contributed by atoms with Crippen LogP contribution < -0.4 is 0 Å². The third-order valence-electron chi connectivity index (χ3n) is 4.28. The number of rotatable bonds is 8. The normalized spacial score (nSPS) is 18.2. The second-order valence-electron chi connectivity index (χ2n) is 5.42. The fourth-order valence-corrected chi connectivity index (χ4v) is 5.44. The van der Waals surface area contributed by atoms with Gasteiger partial charge in [-0.1, -0.05) is 77.3 Å². The van der Waals surface area contributed by atoms with E-state index in [0.717, 1.165) is 5.92 Å². The number of alkyl halides is 2. The second kappa shape index (κ2) is 8.13. The molecule has 0 unspecified atom stereocenters. The minimum absolute atomic E-state index is 0.546. The van der Waals surface area contributed by atoms with Crippen molar-refractivity contribution in [1.82, 2.24) is 0 Å². The van der Waals surface area contributed by atoms with E-state index in [1.54, 1.807) is 0 Å². The molecule has 0 heterocycles. The fraction of sp³-hybridized carbons (Fsp3) is 1.00. The van der Waals surface area contributed by atoms with Gasteiger partial charge < -0.3 is 0 Å². The molecule has 0 spiro atoms. The Labute approximate surface area is 118 Å². The van der Waals surface area contributed by atoms with E-state index < -0.39 is 0 Å². The van der Waals surface area contributed by atoms with Crippen LogP contribution in [0.2, 0.25) is 0 Å². The van der Waals surface area contributed by atoms with Crippen LogP contribution in [0, 0.1) is 11.3 Å². The molecule has 0 saturated heterocycles. The van der Waals surface area contributed by atoms with Crippen molar-refractivity contribution < 1.29 is 0 Å². The molecule has 0 aromatic heterocycles. The Bertz CT molecular complexity index is 170. The van der Waals surface area contributed by atoms with Gasteiger partial charge in [0.15, 0.2) is 0 Å². The molecule has 1 aliphatic rings. The van der Waals surface area contributed by atoms with Gasteiger partial charge in [-0.25, -0.2) is 0 Å². The Balaban J connectivity index is 2.43. The first kappa shape index (κ1) is 15.0. The van der Waals surface area contributed by atoms with Crippen LogP contribution in [0.25, 0.3) is 0 Å². The SMILES string of the molecule is CCCCCCC(CBr)(CBr)C1CCCC1. The molecule has 0 aliphatic heterocycles. The van der Waals surface area contributed by atoms with E-state index in [0.29, 0.717) is 5.41 Å². The average Bonchev–Trinajstić information content (AvgIpc) is 2.84. The first-order valence-electron chi connectivity index (χ1n) is 6.91. The maximum absolute atomic E-state index is 3.78. The molecule has 96 valence electrons. The Morgan fingerprint density at radius 1 is 1.00 bits per heavy atom. The van der Waals surface area contributed by atoms with Gasteiger partial charge in [0.1, 0.15) is 0 Å². The van der Waals surface area contributed by atoms with Crippen LogP contribution in [-0.2, 0) is 0 Å². The fourth-order valence-electron chi connectivity index (χ4n) is 3.03. The van der Waals surface area contributed by atoms with Gasteiger partial charge >= 0.3 is 0 Å². The topological polar surface area (TPSA) is 0 Å². The van der Waals surface area contributed by atoms with Crippen LogP contribution in [0.1, 0.15) is 64.7 Å². The molecule has 0 aromatic carbocycles. The molecular weight excluding hydrogens is 328 g/mol. The highest BCUT2D eigenvalue weighted by molar-refractivity contribution is 9.09. The largest absolute Gasteiger partial charge is 0.0922 e.